The van der Waals surface area contributed by atoms with E-state index in [0.717, 1.165) is 0 Å². The van der Waals surface area contributed by atoms with Crippen molar-refractivity contribution in [1.29, 1.82) is 0 Å². The number of anilines is 1. The lowest BCUT2D eigenvalue weighted by Crippen LogP contribution is -2.48. The minimum atomic E-state index is -1.71. The molecular formula is C11H15N5O5. The fourth-order valence-corrected chi connectivity index (χ4v) is 2.55. The second-order valence-electron chi connectivity index (χ2n) is 4.82. The number of hydrogen-bond donors (Lipinski definition) is 5. The summed E-state index contributed by atoms with van der Waals surface area (Å²) in [6.07, 6.45) is -1.39. The highest BCUT2D eigenvalue weighted by molar-refractivity contribution is 5.81. The van der Waals surface area contributed by atoms with E-state index in [2.05, 4.69) is 15.0 Å². The van der Waals surface area contributed by atoms with Gasteiger partial charge in [0.05, 0.1) is 19.5 Å². The van der Waals surface area contributed by atoms with Crippen LogP contribution in [0.3, 0.4) is 0 Å². The van der Waals surface area contributed by atoms with Crippen molar-refractivity contribution in [3.63, 3.8) is 0 Å². The molecule has 0 amide bonds. The van der Waals surface area contributed by atoms with Crippen LogP contribution in [-0.2, 0) is 10.5 Å². The second kappa shape index (κ2) is 4.86. The first-order chi connectivity index (χ1) is 10.0. The smallest absolute Gasteiger partial charge is 0.199 e. The van der Waals surface area contributed by atoms with Crippen LogP contribution in [0.5, 0.6) is 0 Å². The lowest BCUT2D eigenvalue weighted by molar-refractivity contribution is -0.169. The van der Waals surface area contributed by atoms with Crippen molar-refractivity contribution >= 4 is 17.0 Å². The first kappa shape index (κ1) is 14.1. The molecule has 114 valence electrons. The molecule has 1 saturated heterocycles. The van der Waals surface area contributed by atoms with Gasteiger partial charge in [-0.2, -0.15) is 0 Å². The molecule has 1 aliphatic rings. The quantitative estimate of drug-likeness (QED) is 0.402. The Morgan fingerprint density at radius 1 is 1.29 bits per heavy atom. The highest BCUT2D eigenvalue weighted by Crippen LogP contribution is 2.37. The molecule has 0 aromatic carbocycles. The number of aliphatic hydroxyl groups excluding tert-OH is 4. The van der Waals surface area contributed by atoms with Crippen LogP contribution in [0, 0.1) is 0 Å². The summed E-state index contributed by atoms with van der Waals surface area (Å²) in [5, 5.41) is 39.1. The number of fused-ring (bicyclic) bond motifs is 1. The van der Waals surface area contributed by atoms with Crippen LogP contribution in [0.15, 0.2) is 12.7 Å². The zero-order chi connectivity index (χ0) is 15.2. The van der Waals surface area contributed by atoms with Crippen molar-refractivity contribution < 1.29 is 25.2 Å². The summed E-state index contributed by atoms with van der Waals surface area (Å²) < 4.78 is 6.77. The molecule has 2 aromatic heterocycles. The molecule has 0 radical (unpaired) electrons. The van der Waals surface area contributed by atoms with Gasteiger partial charge < -0.3 is 30.9 Å². The number of aliphatic hydroxyl groups is 4. The minimum absolute atomic E-state index is 0.138. The second-order valence-corrected chi connectivity index (χ2v) is 4.82. The predicted molar refractivity (Wildman–Crippen MR) is 68.8 cm³/mol. The van der Waals surface area contributed by atoms with Gasteiger partial charge in [0.1, 0.15) is 30.2 Å². The van der Waals surface area contributed by atoms with Crippen LogP contribution >= 0.6 is 0 Å². The molecule has 10 nitrogen and oxygen atoms in total. The van der Waals surface area contributed by atoms with E-state index in [1.54, 1.807) is 0 Å². The summed E-state index contributed by atoms with van der Waals surface area (Å²) in [5.41, 5.74) is 4.50. The topological polar surface area (TPSA) is 160 Å². The molecule has 10 heteroatoms. The number of nitrogen functional groups attached to an aromatic ring is 1. The lowest BCUT2D eigenvalue weighted by atomic mass is 10.0. The predicted octanol–water partition coefficient (Wildman–Crippen LogP) is -2.83. The summed E-state index contributed by atoms with van der Waals surface area (Å²) >= 11 is 0. The largest absolute Gasteiger partial charge is 0.394 e. The zero-order valence-corrected chi connectivity index (χ0v) is 10.9. The number of aromatic nitrogens is 4. The van der Waals surface area contributed by atoms with E-state index in [0.29, 0.717) is 0 Å². The maximum atomic E-state index is 10.2. The monoisotopic (exact) mass is 297 g/mol. The van der Waals surface area contributed by atoms with E-state index in [1.165, 1.54) is 17.2 Å². The van der Waals surface area contributed by atoms with Gasteiger partial charge in [0.25, 0.3) is 0 Å². The third-order valence-corrected chi connectivity index (χ3v) is 3.70. The maximum absolute atomic E-state index is 10.2. The molecular weight excluding hydrogens is 282 g/mol. The Morgan fingerprint density at radius 2 is 2.05 bits per heavy atom. The van der Waals surface area contributed by atoms with Crippen molar-refractivity contribution in [2.45, 2.75) is 24.0 Å². The fourth-order valence-electron chi connectivity index (χ4n) is 2.55. The Morgan fingerprint density at radius 3 is 2.67 bits per heavy atom. The summed E-state index contributed by atoms with van der Waals surface area (Å²) in [6.45, 7) is -1.17. The maximum Gasteiger partial charge on any atom is 0.199 e. The third kappa shape index (κ3) is 1.81. The molecule has 0 spiro atoms. The van der Waals surface area contributed by atoms with Gasteiger partial charge in [-0.25, -0.2) is 15.0 Å². The average molecular weight is 297 g/mol. The van der Waals surface area contributed by atoms with E-state index in [9.17, 15) is 20.4 Å². The van der Waals surface area contributed by atoms with E-state index >= 15 is 0 Å². The van der Waals surface area contributed by atoms with E-state index in [1.807, 2.05) is 0 Å². The summed E-state index contributed by atoms with van der Waals surface area (Å²) in [6, 6.07) is 0. The lowest BCUT2D eigenvalue weighted by Gasteiger charge is -2.31. The molecule has 1 aliphatic heterocycles. The standard InChI is InChI=1S/C11H15N5O5/c12-9-6-10(14-3-13-9)16(4-15-6)11(2-18)8(20)7(19)5(1-17)21-11/h3-5,7-8,17-20H,1-2H2,(H2,12,13,14)/t5-,7-,8-,11-/m1/s1. The van der Waals surface area contributed by atoms with Crippen LogP contribution in [0.4, 0.5) is 5.82 Å². The number of hydrogen-bond acceptors (Lipinski definition) is 9. The SMILES string of the molecule is Nc1ncnc2c1ncn2[C@]1(CO)O[C@H](CO)[C@@H](O)[C@H]1O. The Bertz CT molecular complexity index is 663. The molecule has 3 heterocycles. The number of imidazole rings is 1. The molecule has 4 atom stereocenters. The molecule has 0 saturated carbocycles. The van der Waals surface area contributed by atoms with Crippen molar-refractivity contribution in [2.24, 2.45) is 0 Å². The Labute approximate surface area is 118 Å². The molecule has 0 aliphatic carbocycles. The zero-order valence-electron chi connectivity index (χ0n) is 10.9. The number of rotatable bonds is 3. The van der Waals surface area contributed by atoms with E-state index in [-0.39, 0.29) is 17.0 Å². The Hall–Kier alpha value is -1.85. The number of ether oxygens (including phenoxy) is 1. The highest BCUT2D eigenvalue weighted by Gasteiger charge is 2.55. The summed E-state index contributed by atoms with van der Waals surface area (Å²) in [4.78, 5) is 11.8. The minimum Gasteiger partial charge on any atom is -0.394 e. The van der Waals surface area contributed by atoms with Gasteiger partial charge in [-0.15, -0.1) is 0 Å². The molecule has 1 fully saturated rings. The van der Waals surface area contributed by atoms with Crippen LogP contribution in [0.25, 0.3) is 11.2 Å². The normalized spacial score (nSPS) is 32.9. The van der Waals surface area contributed by atoms with Gasteiger partial charge >= 0.3 is 0 Å². The van der Waals surface area contributed by atoms with Crippen LogP contribution in [0.1, 0.15) is 0 Å². The molecule has 0 unspecified atom stereocenters. The molecule has 0 bridgehead atoms. The van der Waals surface area contributed by atoms with Gasteiger partial charge in [0.15, 0.2) is 17.2 Å². The van der Waals surface area contributed by atoms with Crippen LogP contribution < -0.4 is 5.73 Å². The van der Waals surface area contributed by atoms with Crippen molar-refractivity contribution in [1.82, 2.24) is 19.5 Å². The van der Waals surface area contributed by atoms with E-state index < -0.39 is 37.3 Å². The van der Waals surface area contributed by atoms with Gasteiger partial charge in [-0.1, -0.05) is 0 Å². The average Bonchev–Trinajstić information content (AvgIpc) is 3.03. The van der Waals surface area contributed by atoms with E-state index in [4.69, 9.17) is 10.5 Å². The van der Waals surface area contributed by atoms with Crippen molar-refractivity contribution in [3.8, 4) is 0 Å². The van der Waals surface area contributed by atoms with Gasteiger partial charge in [-0.3, -0.25) is 4.57 Å². The molecule has 6 N–H and O–H groups in total. The first-order valence-electron chi connectivity index (χ1n) is 6.25. The van der Waals surface area contributed by atoms with Gasteiger partial charge in [-0.05, 0) is 0 Å². The summed E-state index contributed by atoms with van der Waals surface area (Å²) in [5.74, 6) is 0.138. The Kier molecular flexibility index (Phi) is 3.26. The molecule has 3 rings (SSSR count). The highest BCUT2D eigenvalue weighted by atomic mass is 16.6. The first-order valence-corrected chi connectivity index (χ1v) is 6.25. The van der Waals surface area contributed by atoms with Crippen LogP contribution in [-0.4, -0.2) is 71.5 Å². The molecule has 21 heavy (non-hydrogen) atoms. The Balaban J connectivity index is 2.17. The van der Waals surface area contributed by atoms with Gasteiger partial charge in [0.2, 0.25) is 0 Å². The number of nitrogens with two attached hydrogens (primary N) is 1. The third-order valence-electron chi connectivity index (χ3n) is 3.70. The fraction of sp³-hybridized carbons (Fsp3) is 0.545. The summed E-state index contributed by atoms with van der Waals surface area (Å²) in [7, 11) is 0. The van der Waals surface area contributed by atoms with Crippen LogP contribution in [0.2, 0.25) is 0 Å². The van der Waals surface area contributed by atoms with Crippen molar-refractivity contribution in [2.75, 3.05) is 18.9 Å². The van der Waals surface area contributed by atoms with Gasteiger partial charge in [0, 0.05) is 0 Å². The molecule has 2 aromatic rings. The number of nitrogens with zero attached hydrogens (tertiary/aromatic N) is 4. The van der Waals surface area contributed by atoms with Crippen molar-refractivity contribution in [3.05, 3.63) is 12.7 Å².